The highest BCUT2D eigenvalue weighted by Gasteiger charge is 2.39. The molecule has 0 saturated heterocycles. The predicted octanol–water partition coefficient (Wildman–Crippen LogP) is 3.40. The van der Waals surface area contributed by atoms with Crippen molar-refractivity contribution in [1.82, 2.24) is 4.90 Å². The van der Waals surface area contributed by atoms with Gasteiger partial charge in [0.1, 0.15) is 11.5 Å². The van der Waals surface area contributed by atoms with Gasteiger partial charge in [0.2, 0.25) is 5.91 Å². The fourth-order valence-electron chi connectivity index (χ4n) is 3.14. The number of rotatable bonds is 8. The largest absolute Gasteiger partial charge is 0.377 e. The van der Waals surface area contributed by atoms with Crippen molar-refractivity contribution in [1.29, 1.82) is 0 Å². The number of amides is 3. The van der Waals surface area contributed by atoms with E-state index in [0.29, 0.717) is 16.9 Å². The first-order valence-corrected chi connectivity index (χ1v) is 9.89. The molecule has 0 spiro atoms. The van der Waals surface area contributed by atoms with Gasteiger partial charge in [-0.25, -0.2) is 4.39 Å². The van der Waals surface area contributed by atoms with Crippen molar-refractivity contribution in [3.8, 4) is 0 Å². The van der Waals surface area contributed by atoms with Crippen LogP contribution in [0.4, 0.5) is 15.8 Å². The summed E-state index contributed by atoms with van der Waals surface area (Å²) in [4.78, 5) is 38.4. The van der Waals surface area contributed by atoms with Crippen LogP contribution < -0.4 is 10.6 Å². The third kappa shape index (κ3) is 5.35. The SMILES string of the molecule is CC(=O)Nc1ccc(NC2=C(c3ccc(F)cc3)C(=O)N(CCOC(C)C)C2=O)cc1. The molecule has 2 aromatic carbocycles. The van der Waals surface area contributed by atoms with E-state index in [9.17, 15) is 18.8 Å². The molecule has 31 heavy (non-hydrogen) atoms. The predicted molar refractivity (Wildman–Crippen MR) is 115 cm³/mol. The Morgan fingerprint density at radius 3 is 2.19 bits per heavy atom. The van der Waals surface area contributed by atoms with Crippen LogP contribution in [-0.2, 0) is 19.1 Å². The molecule has 3 rings (SSSR count). The lowest BCUT2D eigenvalue weighted by Gasteiger charge is -2.16. The summed E-state index contributed by atoms with van der Waals surface area (Å²) in [7, 11) is 0. The van der Waals surface area contributed by atoms with Crippen molar-refractivity contribution in [2.45, 2.75) is 26.9 Å². The van der Waals surface area contributed by atoms with E-state index in [2.05, 4.69) is 10.6 Å². The fourth-order valence-corrected chi connectivity index (χ4v) is 3.14. The smallest absolute Gasteiger partial charge is 0.278 e. The van der Waals surface area contributed by atoms with Gasteiger partial charge in [-0.1, -0.05) is 12.1 Å². The Kier molecular flexibility index (Phi) is 6.81. The van der Waals surface area contributed by atoms with Crippen LogP contribution in [0, 0.1) is 5.82 Å². The molecule has 0 aromatic heterocycles. The van der Waals surface area contributed by atoms with Crippen LogP contribution in [0.1, 0.15) is 26.3 Å². The molecular formula is C23H24FN3O4. The van der Waals surface area contributed by atoms with Gasteiger partial charge >= 0.3 is 0 Å². The topological polar surface area (TPSA) is 87.7 Å². The van der Waals surface area contributed by atoms with E-state index >= 15 is 0 Å². The summed E-state index contributed by atoms with van der Waals surface area (Å²) in [6.45, 7) is 5.46. The van der Waals surface area contributed by atoms with Gasteiger partial charge in [0.15, 0.2) is 0 Å². The molecule has 0 bridgehead atoms. The monoisotopic (exact) mass is 425 g/mol. The highest BCUT2D eigenvalue weighted by atomic mass is 19.1. The molecule has 3 amide bonds. The number of nitrogens with one attached hydrogen (secondary N) is 2. The molecule has 8 heteroatoms. The van der Waals surface area contributed by atoms with Crippen molar-refractivity contribution in [2.75, 3.05) is 23.8 Å². The first kappa shape index (κ1) is 22.2. The molecule has 0 atom stereocenters. The minimum absolute atomic E-state index is 0.0305. The number of nitrogens with zero attached hydrogens (tertiary/aromatic N) is 1. The molecule has 1 heterocycles. The number of benzene rings is 2. The second kappa shape index (κ2) is 9.53. The summed E-state index contributed by atoms with van der Waals surface area (Å²) < 4.78 is 18.9. The first-order chi connectivity index (χ1) is 14.8. The molecule has 162 valence electrons. The lowest BCUT2D eigenvalue weighted by molar-refractivity contribution is -0.138. The van der Waals surface area contributed by atoms with E-state index < -0.39 is 17.6 Å². The third-order valence-corrected chi connectivity index (χ3v) is 4.54. The zero-order chi connectivity index (χ0) is 22.5. The molecule has 1 aliphatic rings. The molecule has 0 radical (unpaired) electrons. The standard InChI is InChI=1S/C23H24FN3O4/c1-14(2)31-13-12-27-22(29)20(16-4-6-17(24)7-5-16)21(23(27)30)26-19-10-8-18(9-11-19)25-15(3)28/h4-11,14,26H,12-13H2,1-3H3,(H,25,28). The maximum Gasteiger partial charge on any atom is 0.278 e. The average molecular weight is 425 g/mol. The lowest BCUT2D eigenvalue weighted by atomic mass is 10.0. The second-order valence-corrected chi connectivity index (χ2v) is 7.32. The minimum atomic E-state index is -0.484. The highest BCUT2D eigenvalue weighted by molar-refractivity contribution is 6.36. The summed E-state index contributed by atoms with van der Waals surface area (Å²) >= 11 is 0. The number of imide groups is 1. The lowest BCUT2D eigenvalue weighted by Crippen LogP contribution is -2.35. The quantitative estimate of drug-likeness (QED) is 0.633. The van der Waals surface area contributed by atoms with E-state index in [1.165, 1.54) is 31.2 Å². The van der Waals surface area contributed by atoms with E-state index in [4.69, 9.17) is 4.74 Å². The van der Waals surface area contributed by atoms with Crippen molar-refractivity contribution in [2.24, 2.45) is 0 Å². The van der Waals surface area contributed by atoms with Crippen molar-refractivity contribution in [3.05, 3.63) is 65.6 Å². The van der Waals surface area contributed by atoms with Gasteiger partial charge in [0.05, 0.1) is 24.8 Å². The van der Waals surface area contributed by atoms with E-state index in [1.54, 1.807) is 24.3 Å². The van der Waals surface area contributed by atoms with Crippen LogP contribution in [0.25, 0.3) is 5.57 Å². The number of carbonyl (C=O) groups is 3. The maximum absolute atomic E-state index is 13.4. The molecule has 2 N–H and O–H groups in total. The van der Waals surface area contributed by atoms with Crippen LogP contribution in [0.15, 0.2) is 54.2 Å². The number of hydrogen-bond acceptors (Lipinski definition) is 5. The molecule has 0 saturated carbocycles. The Labute approximate surface area is 179 Å². The van der Waals surface area contributed by atoms with Crippen LogP contribution in [0.2, 0.25) is 0 Å². The summed E-state index contributed by atoms with van der Waals surface area (Å²) in [6.07, 6.45) is -0.0305. The average Bonchev–Trinajstić information content (AvgIpc) is 2.94. The van der Waals surface area contributed by atoms with Gasteiger partial charge in [-0.3, -0.25) is 19.3 Å². The Bertz CT molecular complexity index is 1010. The van der Waals surface area contributed by atoms with Crippen LogP contribution in [0.5, 0.6) is 0 Å². The minimum Gasteiger partial charge on any atom is -0.377 e. The van der Waals surface area contributed by atoms with Crippen molar-refractivity contribution >= 4 is 34.7 Å². The second-order valence-electron chi connectivity index (χ2n) is 7.32. The number of anilines is 2. The van der Waals surface area contributed by atoms with E-state index in [1.807, 2.05) is 13.8 Å². The van der Waals surface area contributed by atoms with Crippen LogP contribution in [-0.4, -0.2) is 41.9 Å². The summed E-state index contributed by atoms with van der Waals surface area (Å²) in [5.74, 6) is -1.59. The van der Waals surface area contributed by atoms with Crippen molar-refractivity contribution in [3.63, 3.8) is 0 Å². The number of halogens is 1. The Morgan fingerprint density at radius 1 is 1.00 bits per heavy atom. The normalized spacial score (nSPS) is 13.9. The molecule has 7 nitrogen and oxygen atoms in total. The Hall–Kier alpha value is -3.52. The molecule has 0 fully saturated rings. The zero-order valence-electron chi connectivity index (χ0n) is 17.6. The molecule has 2 aromatic rings. The van der Waals surface area contributed by atoms with Crippen LogP contribution in [0.3, 0.4) is 0 Å². The van der Waals surface area contributed by atoms with Gasteiger partial charge < -0.3 is 15.4 Å². The Balaban J connectivity index is 1.91. The number of carbonyl (C=O) groups excluding carboxylic acids is 3. The molecule has 0 aliphatic carbocycles. The van der Waals surface area contributed by atoms with Gasteiger partial charge in [-0.05, 0) is 55.8 Å². The number of hydrogen-bond donors (Lipinski definition) is 2. The fraction of sp³-hybridized carbons (Fsp3) is 0.261. The van der Waals surface area contributed by atoms with E-state index in [0.717, 1.165) is 4.90 Å². The van der Waals surface area contributed by atoms with Gasteiger partial charge in [-0.15, -0.1) is 0 Å². The summed E-state index contributed by atoms with van der Waals surface area (Å²) in [5, 5.41) is 5.68. The molecular weight excluding hydrogens is 401 g/mol. The molecule has 0 unspecified atom stereocenters. The summed E-state index contributed by atoms with van der Waals surface area (Å²) in [6, 6.07) is 12.1. The van der Waals surface area contributed by atoms with Crippen LogP contribution >= 0.6 is 0 Å². The first-order valence-electron chi connectivity index (χ1n) is 9.89. The van der Waals surface area contributed by atoms with Gasteiger partial charge in [0, 0.05) is 18.3 Å². The van der Waals surface area contributed by atoms with Gasteiger partial charge in [0.25, 0.3) is 11.8 Å². The van der Waals surface area contributed by atoms with Crippen molar-refractivity contribution < 1.29 is 23.5 Å². The van der Waals surface area contributed by atoms with E-state index in [-0.39, 0.29) is 36.4 Å². The maximum atomic E-state index is 13.4. The third-order valence-electron chi connectivity index (χ3n) is 4.54. The summed E-state index contributed by atoms with van der Waals surface area (Å²) in [5.41, 5.74) is 1.87. The highest BCUT2D eigenvalue weighted by Crippen LogP contribution is 2.30. The molecule has 1 aliphatic heterocycles. The zero-order valence-corrected chi connectivity index (χ0v) is 17.6. The van der Waals surface area contributed by atoms with Gasteiger partial charge in [-0.2, -0.15) is 0 Å². The Morgan fingerprint density at radius 2 is 1.61 bits per heavy atom. The number of ether oxygens (including phenoxy) is 1.